The van der Waals surface area contributed by atoms with Crippen molar-refractivity contribution in [2.75, 3.05) is 13.1 Å². The molecule has 0 unspecified atom stereocenters. The molecule has 1 aromatic rings. The van der Waals surface area contributed by atoms with E-state index in [-0.39, 0.29) is 10.0 Å². The standard InChI is InChI=1S/C16H14Cl2F3NO3/c17-10-2-1-3-11(18)12(10)15(4-5-15)14(25)22-6-8(13(23)24)9(7-22)16(19,20)21/h1-3,8-9H,4-7H2,(H,23,24)/t8-,9-/m1/s1. The molecule has 0 spiro atoms. The summed E-state index contributed by atoms with van der Waals surface area (Å²) < 4.78 is 39.4. The van der Waals surface area contributed by atoms with Gasteiger partial charge < -0.3 is 10.0 Å². The summed E-state index contributed by atoms with van der Waals surface area (Å²) in [5.41, 5.74) is -0.649. The van der Waals surface area contributed by atoms with Crippen LogP contribution in [0.1, 0.15) is 18.4 Å². The number of amides is 1. The van der Waals surface area contributed by atoms with E-state index < -0.39 is 48.4 Å². The van der Waals surface area contributed by atoms with Crippen LogP contribution < -0.4 is 0 Å². The third kappa shape index (κ3) is 3.08. The summed E-state index contributed by atoms with van der Waals surface area (Å²) in [7, 11) is 0. The van der Waals surface area contributed by atoms with Crippen LogP contribution in [0.15, 0.2) is 18.2 Å². The minimum absolute atomic E-state index is 0.278. The molecule has 1 heterocycles. The van der Waals surface area contributed by atoms with E-state index in [1.54, 1.807) is 18.2 Å². The molecule has 9 heteroatoms. The van der Waals surface area contributed by atoms with Crippen LogP contribution in [0.2, 0.25) is 10.0 Å². The minimum atomic E-state index is -4.68. The highest BCUT2D eigenvalue weighted by molar-refractivity contribution is 6.36. The molecule has 1 aliphatic carbocycles. The number of aliphatic carboxylic acids is 1. The van der Waals surface area contributed by atoms with Crippen LogP contribution in [0, 0.1) is 11.8 Å². The molecule has 0 bridgehead atoms. The van der Waals surface area contributed by atoms with Gasteiger partial charge in [-0.15, -0.1) is 0 Å². The Labute approximate surface area is 151 Å². The quantitative estimate of drug-likeness (QED) is 0.847. The number of benzene rings is 1. The van der Waals surface area contributed by atoms with E-state index in [9.17, 15) is 22.8 Å². The molecule has 2 fully saturated rings. The van der Waals surface area contributed by atoms with Crippen LogP contribution >= 0.6 is 23.2 Å². The summed E-state index contributed by atoms with van der Waals surface area (Å²) in [6, 6.07) is 4.75. The number of rotatable bonds is 3. The summed E-state index contributed by atoms with van der Waals surface area (Å²) in [6.45, 7) is -1.13. The van der Waals surface area contributed by atoms with E-state index in [2.05, 4.69) is 0 Å². The van der Waals surface area contributed by atoms with Crippen molar-refractivity contribution >= 4 is 35.1 Å². The molecule has 1 saturated heterocycles. The number of likely N-dealkylation sites (tertiary alicyclic amines) is 1. The van der Waals surface area contributed by atoms with Gasteiger partial charge in [-0.3, -0.25) is 9.59 Å². The first-order valence-corrected chi connectivity index (χ1v) is 8.37. The van der Waals surface area contributed by atoms with Crippen molar-refractivity contribution in [3.63, 3.8) is 0 Å². The van der Waals surface area contributed by atoms with Crippen LogP contribution in [-0.2, 0) is 15.0 Å². The van der Waals surface area contributed by atoms with Crippen molar-refractivity contribution in [2.24, 2.45) is 11.8 Å². The molecule has 0 radical (unpaired) electrons. The van der Waals surface area contributed by atoms with Crippen molar-refractivity contribution < 1.29 is 27.9 Å². The van der Waals surface area contributed by atoms with Gasteiger partial charge in [-0.1, -0.05) is 29.3 Å². The zero-order valence-corrected chi connectivity index (χ0v) is 14.3. The molecule has 1 aliphatic heterocycles. The molecule has 0 aromatic heterocycles. The largest absolute Gasteiger partial charge is 0.481 e. The predicted octanol–water partition coefficient (Wildman–Crippen LogP) is 3.75. The zero-order chi connectivity index (χ0) is 18.6. The van der Waals surface area contributed by atoms with E-state index in [4.69, 9.17) is 28.3 Å². The third-order valence-electron chi connectivity index (χ3n) is 4.95. The number of carbonyl (C=O) groups is 2. The van der Waals surface area contributed by atoms with E-state index >= 15 is 0 Å². The minimum Gasteiger partial charge on any atom is -0.481 e. The van der Waals surface area contributed by atoms with Gasteiger partial charge in [0.15, 0.2) is 0 Å². The first kappa shape index (κ1) is 18.3. The maximum absolute atomic E-state index is 13.1. The SMILES string of the molecule is O=C(O)[C@@H]1CN(C(=O)C2(c3c(Cl)cccc3Cl)CC2)C[C@H]1C(F)(F)F. The molecule has 136 valence electrons. The van der Waals surface area contributed by atoms with Crippen LogP contribution in [0.3, 0.4) is 0 Å². The molecule has 1 amide bonds. The van der Waals surface area contributed by atoms with Crippen LogP contribution in [0.25, 0.3) is 0 Å². The Balaban J connectivity index is 1.90. The van der Waals surface area contributed by atoms with Gasteiger partial charge in [0.25, 0.3) is 0 Å². The van der Waals surface area contributed by atoms with Gasteiger partial charge in [0.1, 0.15) is 0 Å². The predicted molar refractivity (Wildman–Crippen MR) is 84.6 cm³/mol. The van der Waals surface area contributed by atoms with Crippen LogP contribution in [0.4, 0.5) is 13.2 Å². The first-order valence-electron chi connectivity index (χ1n) is 7.61. The highest BCUT2D eigenvalue weighted by Gasteiger charge is 2.59. The van der Waals surface area contributed by atoms with Gasteiger partial charge in [0.05, 0.1) is 17.3 Å². The fourth-order valence-corrected chi connectivity index (χ4v) is 4.26. The van der Waals surface area contributed by atoms with Crippen LogP contribution in [-0.4, -0.2) is 41.1 Å². The molecule has 3 rings (SSSR count). The van der Waals surface area contributed by atoms with Crippen molar-refractivity contribution in [3.05, 3.63) is 33.8 Å². The summed E-state index contributed by atoms with van der Waals surface area (Å²) >= 11 is 12.3. The second-order valence-electron chi connectivity index (χ2n) is 6.48. The summed E-state index contributed by atoms with van der Waals surface area (Å²) in [5.74, 6) is -5.84. The molecule has 2 atom stereocenters. The lowest BCUT2D eigenvalue weighted by molar-refractivity contribution is -0.188. The highest BCUT2D eigenvalue weighted by Crippen LogP contribution is 2.55. The number of halogens is 5. The molecule has 25 heavy (non-hydrogen) atoms. The number of hydrogen-bond acceptors (Lipinski definition) is 2. The van der Waals surface area contributed by atoms with Gasteiger partial charge in [0, 0.05) is 28.7 Å². The van der Waals surface area contributed by atoms with E-state index in [1.165, 1.54) is 0 Å². The van der Waals surface area contributed by atoms with Gasteiger partial charge in [0.2, 0.25) is 5.91 Å². The number of nitrogens with zero attached hydrogens (tertiary/aromatic N) is 1. The Hall–Kier alpha value is -1.47. The van der Waals surface area contributed by atoms with Gasteiger partial charge in [-0.2, -0.15) is 13.2 Å². The number of hydrogen-bond donors (Lipinski definition) is 1. The lowest BCUT2D eigenvalue weighted by atomic mass is 9.94. The Bertz CT molecular complexity index is 714. The summed E-state index contributed by atoms with van der Waals surface area (Å²) in [5, 5.41) is 9.65. The van der Waals surface area contributed by atoms with Gasteiger partial charge in [-0.05, 0) is 25.0 Å². The van der Waals surface area contributed by atoms with Crippen molar-refractivity contribution in [1.29, 1.82) is 0 Å². The Kier molecular flexibility index (Phi) is 4.44. The molecular formula is C16H14Cl2F3NO3. The first-order chi connectivity index (χ1) is 11.6. The topological polar surface area (TPSA) is 57.6 Å². The van der Waals surface area contributed by atoms with Crippen LogP contribution in [0.5, 0.6) is 0 Å². The van der Waals surface area contributed by atoms with Crippen molar-refractivity contribution in [2.45, 2.75) is 24.4 Å². The van der Waals surface area contributed by atoms with E-state index in [1.807, 2.05) is 0 Å². The molecule has 2 aliphatic rings. The molecule has 1 aromatic carbocycles. The smallest absolute Gasteiger partial charge is 0.394 e. The second-order valence-corrected chi connectivity index (χ2v) is 7.30. The lowest BCUT2D eigenvalue weighted by Crippen LogP contribution is -2.39. The molecular weight excluding hydrogens is 382 g/mol. The Morgan fingerprint density at radius 3 is 2.12 bits per heavy atom. The van der Waals surface area contributed by atoms with Crippen molar-refractivity contribution in [1.82, 2.24) is 4.90 Å². The average Bonchev–Trinajstić information content (AvgIpc) is 3.14. The second kappa shape index (κ2) is 6.06. The highest BCUT2D eigenvalue weighted by atomic mass is 35.5. The maximum Gasteiger partial charge on any atom is 0.394 e. The van der Waals surface area contributed by atoms with E-state index in [0.717, 1.165) is 4.90 Å². The number of carboxylic acid groups (broad SMARTS) is 1. The number of carbonyl (C=O) groups excluding carboxylic acids is 1. The normalized spacial score (nSPS) is 25.1. The summed E-state index contributed by atoms with van der Waals surface area (Å²) in [4.78, 5) is 25.1. The van der Waals surface area contributed by atoms with E-state index in [0.29, 0.717) is 18.4 Å². The summed E-state index contributed by atoms with van der Waals surface area (Å²) in [6.07, 6.45) is -3.85. The lowest BCUT2D eigenvalue weighted by Gasteiger charge is -2.25. The average molecular weight is 396 g/mol. The molecule has 4 nitrogen and oxygen atoms in total. The fourth-order valence-electron chi connectivity index (χ4n) is 3.50. The van der Waals surface area contributed by atoms with Crippen molar-refractivity contribution in [3.8, 4) is 0 Å². The Morgan fingerprint density at radius 1 is 1.16 bits per heavy atom. The number of carboxylic acids is 1. The Morgan fingerprint density at radius 2 is 1.72 bits per heavy atom. The molecule has 1 saturated carbocycles. The molecule has 1 N–H and O–H groups in total. The van der Waals surface area contributed by atoms with Gasteiger partial charge >= 0.3 is 12.1 Å². The van der Waals surface area contributed by atoms with Gasteiger partial charge in [-0.25, -0.2) is 0 Å². The fraction of sp³-hybridized carbons (Fsp3) is 0.500. The third-order valence-corrected chi connectivity index (χ3v) is 5.58. The number of alkyl halides is 3. The zero-order valence-electron chi connectivity index (χ0n) is 12.8. The monoisotopic (exact) mass is 395 g/mol. The maximum atomic E-state index is 13.1.